The van der Waals surface area contributed by atoms with Gasteiger partial charge in [0.15, 0.2) is 0 Å². The quantitative estimate of drug-likeness (QED) is 0.514. The summed E-state index contributed by atoms with van der Waals surface area (Å²) in [6.07, 6.45) is 11.4. The minimum atomic E-state index is 0.226. The fourth-order valence-electron chi connectivity index (χ4n) is 1.90. The molecular formula is C10H12O. The lowest BCUT2D eigenvalue weighted by molar-refractivity contribution is -0.125. The van der Waals surface area contributed by atoms with Crippen LogP contribution in [0.2, 0.25) is 0 Å². The molecule has 1 saturated carbocycles. The number of carbonyl (C=O) groups is 1. The molecular weight excluding hydrogens is 136 g/mol. The highest BCUT2D eigenvalue weighted by Crippen LogP contribution is 2.29. The summed E-state index contributed by atoms with van der Waals surface area (Å²) in [7, 11) is 0. The van der Waals surface area contributed by atoms with Crippen LogP contribution in [0.3, 0.4) is 0 Å². The zero-order chi connectivity index (χ0) is 7.68. The molecule has 2 bridgehead atoms. The molecule has 0 aromatic carbocycles. The van der Waals surface area contributed by atoms with E-state index in [-0.39, 0.29) is 11.8 Å². The van der Waals surface area contributed by atoms with Crippen LogP contribution in [0.25, 0.3) is 0 Å². The maximum atomic E-state index is 11.5. The van der Waals surface area contributed by atoms with E-state index in [2.05, 4.69) is 0 Å². The molecule has 58 valence electrons. The topological polar surface area (TPSA) is 17.1 Å². The highest BCUT2D eigenvalue weighted by molar-refractivity contribution is 5.87. The van der Waals surface area contributed by atoms with Crippen molar-refractivity contribution < 1.29 is 4.79 Å². The molecule has 2 aliphatic rings. The van der Waals surface area contributed by atoms with Crippen LogP contribution in [0.5, 0.6) is 0 Å². The van der Waals surface area contributed by atoms with E-state index in [1.807, 2.05) is 24.3 Å². The number of fused-ring (bicyclic) bond motifs is 2. The zero-order valence-electron chi connectivity index (χ0n) is 6.49. The maximum absolute atomic E-state index is 11.5. The summed E-state index contributed by atoms with van der Waals surface area (Å²) in [5, 5.41) is 0. The Bertz CT molecular complexity index is 203. The van der Waals surface area contributed by atoms with Crippen LogP contribution in [0.15, 0.2) is 24.3 Å². The van der Waals surface area contributed by atoms with Gasteiger partial charge in [0.2, 0.25) is 0 Å². The summed E-state index contributed by atoms with van der Waals surface area (Å²) < 4.78 is 0. The van der Waals surface area contributed by atoms with E-state index in [4.69, 9.17) is 0 Å². The molecule has 0 aromatic rings. The van der Waals surface area contributed by atoms with Crippen molar-refractivity contribution in [3.05, 3.63) is 24.3 Å². The number of allylic oxidation sites excluding steroid dienone is 4. The maximum Gasteiger partial charge on any atom is 0.146 e. The normalized spacial score (nSPS) is 35.5. The van der Waals surface area contributed by atoms with E-state index in [0.29, 0.717) is 5.78 Å². The van der Waals surface area contributed by atoms with Gasteiger partial charge in [0.1, 0.15) is 5.78 Å². The van der Waals surface area contributed by atoms with Crippen molar-refractivity contribution in [2.75, 3.05) is 0 Å². The minimum absolute atomic E-state index is 0.226. The summed E-state index contributed by atoms with van der Waals surface area (Å²) in [5.74, 6) is 0.883. The molecule has 0 N–H and O–H groups in total. The van der Waals surface area contributed by atoms with Crippen LogP contribution in [-0.4, -0.2) is 5.78 Å². The Morgan fingerprint density at radius 2 is 1.64 bits per heavy atom. The Hall–Kier alpha value is -0.850. The average molecular weight is 148 g/mol. The summed E-state index contributed by atoms with van der Waals surface area (Å²) in [4.78, 5) is 11.5. The van der Waals surface area contributed by atoms with Crippen LogP contribution in [0.4, 0.5) is 0 Å². The molecule has 0 heterocycles. The molecule has 1 fully saturated rings. The van der Waals surface area contributed by atoms with Gasteiger partial charge in [-0.25, -0.2) is 0 Å². The number of carbonyl (C=O) groups excluding carboxylic acids is 1. The van der Waals surface area contributed by atoms with Crippen molar-refractivity contribution in [3.8, 4) is 0 Å². The SMILES string of the molecule is O=C1[C@@H]2C=CC=C[C@H]1CCC2. The molecule has 2 rings (SSSR count). The largest absolute Gasteiger partial charge is 0.298 e. The molecule has 0 aromatic heterocycles. The molecule has 11 heavy (non-hydrogen) atoms. The lowest BCUT2D eigenvalue weighted by Crippen LogP contribution is -2.24. The number of ketones is 1. The predicted molar refractivity (Wildman–Crippen MR) is 44.1 cm³/mol. The number of hydrogen-bond donors (Lipinski definition) is 0. The molecule has 0 saturated heterocycles. The Kier molecular flexibility index (Phi) is 1.65. The second-order valence-corrected chi connectivity index (χ2v) is 3.32. The first-order chi connectivity index (χ1) is 5.38. The molecule has 0 aliphatic heterocycles. The molecule has 0 radical (unpaired) electrons. The first-order valence-corrected chi connectivity index (χ1v) is 4.26. The van der Waals surface area contributed by atoms with Gasteiger partial charge in [-0.2, -0.15) is 0 Å². The highest BCUT2D eigenvalue weighted by Gasteiger charge is 2.28. The highest BCUT2D eigenvalue weighted by atomic mass is 16.1. The van der Waals surface area contributed by atoms with E-state index < -0.39 is 0 Å². The van der Waals surface area contributed by atoms with Crippen molar-refractivity contribution in [2.24, 2.45) is 11.8 Å². The van der Waals surface area contributed by atoms with Gasteiger partial charge in [0.05, 0.1) is 0 Å². The first kappa shape index (κ1) is 6.84. The Morgan fingerprint density at radius 3 is 2.18 bits per heavy atom. The van der Waals surface area contributed by atoms with Gasteiger partial charge in [-0.15, -0.1) is 0 Å². The van der Waals surface area contributed by atoms with Gasteiger partial charge in [0, 0.05) is 11.8 Å². The van der Waals surface area contributed by atoms with E-state index in [1.54, 1.807) is 0 Å². The average Bonchev–Trinajstić information content (AvgIpc) is 2.17. The Balaban J connectivity index is 2.29. The summed E-state index contributed by atoms with van der Waals surface area (Å²) >= 11 is 0. The molecule has 0 unspecified atom stereocenters. The van der Waals surface area contributed by atoms with Crippen LogP contribution >= 0.6 is 0 Å². The lowest BCUT2D eigenvalue weighted by atomic mass is 9.81. The number of rotatable bonds is 0. The van der Waals surface area contributed by atoms with Crippen LogP contribution < -0.4 is 0 Å². The van der Waals surface area contributed by atoms with Crippen molar-refractivity contribution >= 4 is 5.78 Å². The van der Waals surface area contributed by atoms with Crippen molar-refractivity contribution in [2.45, 2.75) is 19.3 Å². The molecule has 1 nitrogen and oxygen atoms in total. The summed E-state index contributed by atoms with van der Waals surface area (Å²) in [5.41, 5.74) is 0. The zero-order valence-corrected chi connectivity index (χ0v) is 6.49. The molecule has 2 atom stereocenters. The molecule has 0 amide bonds. The Morgan fingerprint density at radius 1 is 1.09 bits per heavy atom. The number of hydrogen-bond acceptors (Lipinski definition) is 1. The van der Waals surface area contributed by atoms with Gasteiger partial charge in [0.25, 0.3) is 0 Å². The fraction of sp³-hybridized carbons (Fsp3) is 0.500. The summed E-state index contributed by atoms with van der Waals surface area (Å²) in [6.45, 7) is 0. The number of Topliss-reactive ketones (excluding diaryl/α,β-unsaturated/α-hetero) is 1. The summed E-state index contributed by atoms with van der Waals surface area (Å²) in [6, 6.07) is 0. The van der Waals surface area contributed by atoms with Gasteiger partial charge >= 0.3 is 0 Å². The third-order valence-corrected chi connectivity index (χ3v) is 2.56. The van der Waals surface area contributed by atoms with Gasteiger partial charge in [-0.1, -0.05) is 30.7 Å². The third kappa shape index (κ3) is 1.15. The molecule has 0 spiro atoms. The first-order valence-electron chi connectivity index (χ1n) is 4.26. The fourth-order valence-corrected chi connectivity index (χ4v) is 1.90. The van der Waals surface area contributed by atoms with Crippen molar-refractivity contribution in [1.82, 2.24) is 0 Å². The minimum Gasteiger partial charge on any atom is -0.298 e. The van der Waals surface area contributed by atoms with Crippen molar-refractivity contribution in [1.29, 1.82) is 0 Å². The third-order valence-electron chi connectivity index (χ3n) is 2.56. The standard InChI is InChI=1S/C10H12O/c11-10-8-4-1-2-5-9(10)7-3-6-8/h1-2,4-5,8-9H,3,6-7H2/t8-,9+. The van der Waals surface area contributed by atoms with Crippen molar-refractivity contribution in [3.63, 3.8) is 0 Å². The van der Waals surface area contributed by atoms with Crippen LogP contribution in [0.1, 0.15) is 19.3 Å². The van der Waals surface area contributed by atoms with Crippen LogP contribution in [-0.2, 0) is 4.79 Å². The molecule has 2 aliphatic carbocycles. The Labute approximate surface area is 66.8 Å². The van der Waals surface area contributed by atoms with E-state index in [9.17, 15) is 4.79 Å². The smallest absolute Gasteiger partial charge is 0.146 e. The van der Waals surface area contributed by atoms with E-state index in [0.717, 1.165) is 12.8 Å². The lowest BCUT2D eigenvalue weighted by Gasteiger charge is -2.22. The van der Waals surface area contributed by atoms with Gasteiger partial charge in [-0.05, 0) is 12.8 Å². The second kappa shape index (κ2) is 2.65. The van der Waals surface area contributed by atoms with E-state index >= 15 is 0 Å². The molecule has 1 heteroatoms. The van der Waals surface area contributed by atoms with Crippen LogP contribution in [0, 0.1) is 11.8 Å². The second-order valence-electron chi connectivity index (χ2n) is 3.32. The van der Waals surface area contributed by atoms with Gasteiger partial charge < -0.3 is 0 Å². The van der Waals surface area contributed by atoms with E-state index in [1.165, 1.54) is 6.42 Å². The monoisotopic (exact) mass is 148 g/mol. The van der Waals surface area contributed by atoms with Gasteiger partial charge in [-0.3, -0.25) is 4.79 Å². The predicted octanol–water partition coefficient (Wildman–Crippen LogP) is 2.10.